The van der Waals surface area contributed by atoms with Crippen LogP contribution in [0, 0.1) is 0 Å². The standard InChI is InChI=1S/C17H20N2O3/c1-21-15-6-3-2-5-14(15)13-18-8-10-19(11-9-18)17(20)16-7-4-12-22-16/h2-7,12H,8-11,13H2,1H3/p+1. The van der Waals surface area contributed by atoms with Gasteiger partial charge in [-0.1, -0.05) is 12.1 Å². The molecule has 0 atom stereocenters. The number of quaternary nitrogens is 1. The van der Waals surface area contributed by atoms with Crippen molar-refractivity contribution in [1.29, 1.82) is 0 Å². The second kappa shape index (κ2) is 6.66. The number of benzene rings is 1. The Balaban J connectivity index is 1.57. The summed E-state index contributed by atoms with van der Waals surface area (Å²) in [6.45, 7) is 4.30. The Hall–Kier alpha value is -2.27. The highest BCUT2D eigenvalue weighted by molar-refractivity contribution is 5.91. The van der Waals surface area contributed by atoms with Gasteiger partial charge in [0, 0.05) is 5.56 Å². The largest absolute Gasteiger partial charge is 0.496 e. The molecule has 3 rings (SSSR count). The maximum Gasteiger partial charge on any atom is 0.289 e. The number of rotatable bonds is 4. The van der Waals surface area contributed by atoms with Gasteiger partial charge >= 0.3 is 0 Å². The van der Waals surface area contributed by atoms with Crippen LogP contribution < -0.4 is 9.64 Å². The zero-order valence-corrected chi connectivity index (χ0v) is 12.7. The molecule has 5 nitrogen and oxygen atoms in total. The first-order valence-corrected chi connectivity index (χ1v) is 7.56. The molecule has 116 valence electrons. The number of ether oxygens (including phenoxy) is 1. The fourth-order valence-electron chi connectivity index (χ4n) is 2.88. The molecule has 1 fully saturated rings. The lowest BCUT2D eigenvalue weighted by molar-refractivity contribution is -0.917. The minimum Gasteiger partial charge on any atom is -0.496 e. The predicted molar refractivity (Wildman–Crippen MR) is 82.0 cm³/mol. The molecule has 1 amide bonds. The number of nitrogens with zero attached hydrogens (tertiary/aromatic N) is 1. The van der Waals surface area contributed by atoms with Gasteiger partial charge in [0.25, 0.3) is 5.91 Å². The predicted octanol–water partition coefficient (Wildman–Crippen LogP) is 0.829. The summed E-state index contributed by atoms with van der Waals surface area (Å²) in [5.74, 6) is 1.35. The summed E-state index contributed by atoms with van der Waals surface area (Å²) >= 11 is 0. The number of amides is 1. The number of para-hydroxylation sites is 1. The van der Waals surface area contributed by atoms with Gasteiger partial charge in [-0.25, -0.2) is 0 Å². The minimum absolute atomic E-state index is 0.0126. The lowest BCUT2D eigenvalue weighted by atomic mass is 10.1. The Kier molecular flexibility index (Phi) is 4.44. The number of piperazine rings is 1. The van der Waals surface area contributed by atoms with Crippen molar-refractivity contribution in [3.8, 4) is 5.75 Å². The summed E-state index contributed by atoms with van der Waals surface area (Å²) < 4.78 is 10.6. The molecule has 1 aromatic carbocycles. The highest BCUT2D eigenvalue weighted by Gasteiger charge is 2.26. The molecular weight excluding hydrogens is 280 g/mol. The third-order valence-corrected chi connectivity index (χ3v) is 4.12. The minimum atomic E-state index is -0.0126. The molecule has 0 unspecified atom stereocenters. The second-order valence-electron chi connectivity index (χ2n) is 5.51. The summed E-state index contributed by atoms with van der Waals surface area (Å²) in [5, 5.41) is 0. The third-order valence-electron chi connectivity index (χ3n) is 4.12. The molecular formula is C17H21N2O3+. The van der Waals surface area contributed by atoms with Crippen LogP contribution in [0.25, 0.3) is 0 Å². The van der Waals surface area contributed by atoms with E-state index in [1.54, 1.807) is 19.2 Å². The highest BCUT2D eigenvalue weighted by atomic mass is 16.5. The summed E-state index contributed by atoms with van der Waals surface area (Å²) in [5.41, 5.74) is 1.21. The average Bonchev–Trinajstić information content (AvgIpc) is 3.10. The number of hydrogen-bond acceptors (Lipinski definition) is 3. The topological polar surface area (TPSA) is 47.1 Å². The number of carbonyl (C=O) groups is 1. The lowest BCUT2D eigenvalue weighted by Crippen LogP contribution is -3.13. The van der Waals surface area contributed by atoms with Gasteiger partial charge in [0.15, 0.2) is 5.76 Å². The number of hydrogen-bond donors (Lipinski definition) is 1. The van der Waals surface area contributed by atoms with Crippen LogP contribution in [0.4, 0.5) is 0 Å². The van der Waals surface area contributed by atoms with Crippen LogP contribution in [0.1, 0.15) is 16.1 Å². The zero-order valence-electron chi connectivity index (χ0n) is 12.7. The van der Waals surface area contributed by atoms with Crippen molar-refractivity contribution in [3.63, 3.8) is 0 Å². The van der Waals surface area contributed by atoms with Crippen molar-refractivity contribution < 1.29 is 18.8 Å². The Morgan fingerprint density at radius 3 is 2.68 bits per heavy atom. The third kappa shape index (κ3) is 3.14. The van der Waals surface area contributed by atoms with E-state index in [9.17, 15) is 4.79 Å². The Morgan fingerprint density at radius 1 is 1.23 bits per heavy atom. The average molecular weight is 301 g/mol. The SMILES string of the molecule is COc1ccccc1C[NH+]1CCN(C(=O)c2ccco2)CC1. The second-order valence-corrected chi connectivity index (χ2v) is 5.51. The van der Waals surface area contributed by atoms with Crippen molar-refractivity contribution in [3.05, 3.63) is 54.0 Å². The lowest BCUT2D eigenvalue weighted by Gasteiger charge is -2.32. The van der Waals surface area contributed by atoms with Gasteiger partial charge in [0.05, 0.1) is 39.6 Å². The van der Waals surface area contributed by atoms with Gasteiger partial charge in [-0.2, -0.15) is 0 Å². The Bertz CT molecular complexity index is 617. The number of methoxy groups -OCH3 is 1. The van der Waals surface area contributed by atoms with E-state index in [0.717, 1.165) is 38.5 Å². The normalized spacial score (nSPS) is 15.8. The molecule has 2 heterocycles. The van der Waals surface area contributed by atoms with Crippen LogP contribution in [0.15, 0.2) is 47.1 Å². The molecule has 1 N–H and O–H groups in total. The molecule has 1 aromatic heterocycles. The summed E-state index contributed by atoms with van der Waals surface area (Å²) in [6, 6.07) is 11.6. The first kappa shape index (κ1) is 14.7. The van der Waals surface area contributed by atoms with E-state index < -0.39 is 0 Å². The molecule has 0 saturated carbocycles. The van der Waals surface area contributed by atoms with E-state index in [2.05, 4.69) is 6.07 Å². The number of nitrogens with one attached hydrogen (secondary N) is 1. The molecule has 22 heavy (non-hydrogen) atoms. The fourth-order valence-corrected chi connectivity index (χ4v) is 2.88. The van der Waals surface area contributed by atoms with Gasteiger partial charge in [-0.05, 0) is 24.3 Å². The van der Waals surface area contributed by atoms with E-state index in [0.29, 0.717) is 5.76 Å². The van der Waals surface area contributed by atoms with Crippen LogP contribution >= 0.6 is 0 Å². The van der Waals surface area contributed by atoms with Gasteiger partial charge in [0.2, 0.25) is 0 Å². The zero-order chi connectivity index (χ0) is 15.4. The first-order valence-electron chi connectivity index (χ1n) is 7.56. The molecule has 0 bridgehead atoms. The Labute approximate surface area is 130 Å². The molecule has 1 aliphatic rings. The van der Waals surface area contributed by atoms with E-state index in [-0.39, 0.29) is 5.91 Å². The molecule has 0 radical (unpaired) electrons. The van der Waals surface area contributed by atoms with Crippen LogP contribution in [0.5, 0.6) is 5.75 Å². The first-order chi connectivity index (χ1) is 10.8. The van der Waals surface area contributed by atoms with Gasteiger partial charge in [-0.15, -0.1) is 0 Å². The van der Waals surface area contributed by atoms with Crippen molar-refractivity contribution in [1.82, 2.24) is 4.90 Å². The molecule has 0 spiro atoms. The monoisotopic (exact) mass is 301 g/mol. The fraction of sp³-hybridized carbons (Fsp3) is 0.353. The van der Waals surface area contributed by atoms with Gasteiger partial charge in [0.1, 0.15) is 12.3 Å². The quantitative estimate of drug-likeness (QED) is 0.910. The van der Waals surface area contributed by atoms with Crippen LogP contribution in [0.2, 0.25) is 0 Å². The van der Waals surface area contributed by atoms with Crippen molar-refractivity contribution in [2.75, 3.05) is 33.3 Å². The van der Waals surface area contributed by atoms with Crippen molar-refractivity contribution in [2.24, 2.45) is 0 Å². The van der Waals surface area contributed by atoms with E-state index in [1.807, 2.05) is 23.1 Å². The van der Waals surface area contributed by atoms with E-state index in [1.165, 1.54) is 16.7 Å². The number of furan rings is 1. The molecule has 0 aliphatic carbocycles. The molecule has 5 heteroatoms. The Morgan fingerprint density at radius 2 is 2.00 bits per heavy atom. The molecule has 2 aromatic rings. The smallest absolute Gasteiger partial charge is 0.289 e. The summed E-state index contributed by atoms with van der Waals surface area (Å²) in [4.78, 5) is 15.6. The van der Waals surface area contributed by atoms with Crippen LogP contribution in [-0.2, 0) is 6.54 Å². The van der Waals surface area contributed by atoms with Crippen molar-refractivity contribution >= 4 is 5.91 Å². The van der Waals surface area contributed by atoms with Gasteiger partial charge in [-0.3, -0.25) is 4.79 Å². The number of carbonyl (C=O) groups excluding carboxylic acids is 1. The molecule has 1 saturated heterocycles. The van der Waals surface area contributed by atoms with Crippen LogP contribution in [-0.4, -0.2) is 44.1 Å². The highest BCUT2D eigenvalue weighted by Crippen LogP contribution is 2.16. The maximum atomic E-state index is 12.2. The molecule has 1 aliphatic heterocycles. The summed E-state index contributed by atoms with van der Waals surface area (Å²) in [7, 11) is 1.70. The van der Waals surface area contributed by atoms with Crippen LogP contribution in [0.3, 0.4) is 0 Å². The van der Waals surface area contributed by atoms with Crippen molar-refractivity contribution in [2.45, 2.75) is 6.54 Å². The van der Waals surface area contributed by atoms with Gasteiger partial charge < -0.3 is 19.0 Å². The maximum absolute atomic E-state index is 12.2. The summed E-state index contributed by atoms with van der Waals surface area (Å²) in [6.07, 6.45) is 1.54. The van der Waals surface area contributed by atoms with E-state index >= 15 is 0 Å². The van der Waals surface area contributed by atoms with E-state index in [4.69, 9.17) is 9.15 Å².